The van der Waals surface area contributed by atoms with E-state index in [9.17, 15) is 0 Å². The summed E-state index contributed by atoms with van der Waals surface area (Å²) in [5.74, 6) is 0. The van der Waals surface area contributed by atoms with Crippen molar-refractivity contribution in [2.24, 2.45) is 5.41 Å². The zero-order valence-electron chi connectivity index (χ0n) is 12.0. The highest BCUT2D eigenvalue weighted by Crippen LogP contribution is 2.34. The van der Waals surface area contributed by atoms with Crippen LogP contribution in [0.5, 0.6) is 0 Å². The van der Waals surface area contributed by atoms with E-state index in [0.29, 0.717) is 9.79 Å². The lowest BCUT2D eigenvalue weighted by atomic mass is 9.81. The molecule has 0 saturated heterocycles. The van der Waals surface area contributed by atoms with Crippen LogP contribution in [0.2, 0.25) is 5.02 Å². The van der Waals surface area contributed by atoms with Gasteiger partial charge in [0.25, 0.3) is 0 Å². The molecule has 2 aromatic heterocycles. The number of rotatable bonds is 2. The van der Waals surface area contributed by atoms with Crippen molar-refractivity contribution in [3.8, 4) is 0 Å². The Morgan fingerprint density at radius 3 is 2.53 bits per heavy atom. The van der Waals surface area contributed by atoms with Crippen LogP contribution < -0.4 is 0 Å². The van der Waals surface area contributed by atoms with Gasteiger partial charge in [-0.15, -0.1) is 0 Å². The second kappa shape index (κ2) is 4.60. The fourth-order valence-corrected chi connectivity index (χ4v) is 3.51. The van der Waals surface area contributed by atoms with Crippen molar-refractivity contribution in [1.29, 1.82) is 0 Å². The van der Waals surface area contributed by atoms with Crippen LogP contribution in [0.25, 0.3) is 11.2 Å². The zero-order chi connectivity index (χ0) is 14.4. The molecule has 19 heavy (non-hydrogen) atoms. The molecule has 0 aliphatic heterocycles. The van der Waals surface area contributed by atoms with Gasteiger partial charge in [0.15, 0.2) is 10.4 Å². The molecular formula is C14H20ClN3S. The summed E-state index contributed by atoms with van der Waals surface area (Å²) in [5.41, 5.74) is 1.87. The Hall–Kier alpha value is -0.870. The average molecular weight is 298 g/mol. The van der Waals surface area contributed by atoms with Gasteiger partial charge in [-0.3, -0.25) is 4.57 Å². The number of fused-ring (bicyclic) bond motifs is 1. The van der Waals surface area contributed by atoms with Gasteiger partial charge >= 0.3 is 0 Å². The van der Waals surface area contributed by atoms with E-state index < -0.39 is 0 Å². The molecule has 5 heteroatoms. The number of pyridine rings is 1. The molecule has 3 nitrogen and oxygen atoms in total. The van der Waals surface area contributed by atoms with Gasteiger partial charge in [-0.1, -0.05) is 32.4 Å². The first-order valence-electron chi connectivity index (χ1n) is 6.37. The van der Waals surface area contributed by atoms with E-state index >= 15 is 0 Å². The topological polar surface area (TPSA) is 33.6 Å². The van der Waals surface area contributed by atoms with Gasteiger partial charge in [0.1, 0.15) is 0 Å². The molecule has 0 spiro atoms. The molecule has 0 radical (unpaired) electrons. The van der Waals surface area contributed by atoms with Crippen LogP contribution in [0.4, 0.5) is 0 Å². The normalized spacial score (nSPS) is 13.2. The Labute approximate surface area is 124 Å². The summed E-state index contributed by atoms with van der Waals surface area (Å²) in [5, 5.41) is 0.615. The van der Waals surface area contributed by atoms with Crippen molar-refractivity contribution in [1.82, 2.24) is 14.5 Å². The Bertz CT molecular complexity index is 661. The molecule has 0 amide bonds. The number of hydrogen-bond donors (Lipinski definition) is 1. The van der Waals surface area contributed by atoms with Gasteiger partial charge in [0, 0.05) is 11.7 Å². The second-order valence-electron chi connectivity index (χ2n) is 6.84. The molecule has 1 N–H and O–H groups in total. The number of hydrogen-bond acceptors (Lipinski definition) is 2. The first-order chi connectivity index (χ1) is 8.60. The minimum absolute atomic E-state index is 0.103. The minimum Gasteiger partial charge on any atom is -0.329 e. The lowest BCUT2D eigenvalue weighted by Gasteiger charge is -2.33. The molecule has 0 aromatic carbocycles. The molecule has 0 unspecified atom stereocenters. The van der Waals surface area contributed by atoms with E-state index in [2.05, 4.69) is 49.2 Å². The smallest absolute Gasteiger partial charge is 0.179 e. The van der Waals surface area contributed by atoms with Crippen molar-refractivity contribution < 1.29 is 0 Å². The molecule has 0 saturated carbocycles. The Morgan fingerprint density at radius 2 is 1.95 bits per heavy atom. The Kier molecular flexibility index (Phi) is 3.52. The van der Waals surface area contributed by atoms with E-state index in [1.54, 1.807) is 6.20 Å². The molecule has 2 aromatic rings. The molecule has 0 bridgehead atoms. The fourth-order valence-electron chi connectivity index (χ4n) is 2.91. The number of H-pyrrole nitrogens is 1. The van der Waals surface area contributed by atoms with Crippen LogP contribution in [0.1, 0.15) is 41.0 Å². The number of aromatic amines is 1. The first kappa shape index (κ1) is 14.5. The van der Waals surface area contributed by atoms with Gasteiger partial charge in [-0.25, -0.2) is 4.98 Å². The van der Waals surface area contributed by atoms with Crippen molar-refractivity contribution in [3.63, 3.8) is 0 Å². The minimum atomic E-state index is -0.103. The van der Waals surface area contributed by atoms with Crippen LogP contribution in [-0.4, -0.2) is 14.5 Å². The SMILES string of the molecule is CC(C)(C)CC(C)(C)n1c(=S)[nH]c2cc(Cl)cnc21. The highest BCUT2D eigenvalue weighted by Gasteiger charge is 2.29. The van der Waals surface area contributed by atoms with Crippen LogP contribution in [0.3, 0.4) is 0 Å². The van der Waals surface area contributed by atoms with Crippen molar-refractivity contribution in [2.45, 2.75) is 46.6 Å². The predicted molar refractivity (Wildman–Crippen MR) is 83.3 cm³/mol. The number of halogens is 1. The Morgan fingerprint density at radius 1 is 1.32 bits per heavy atom. The van der Waals surface area contributed by atoms with Crippen LogP contribution in [0, 0.1) is 10.2 Å². The van der Waals surface area contributed by atoms with Gasteiger partial charge < -0.3 is 4.98 Å². The van der Waals surface area contributed by atoms with Crippen molar-refractivity contribution in [3.05, 3.63) is 22.1 Å². The van der Waals surface area contributed by atoms with Gasteiger partial charge in [0.2, 0.25) is 0 Å². The van der Waals surface area contributed by atoms with Crippen molar-refractivity contribution in [2.75, 3.05) is 0 Å². The van der Waals surface area contributed by atoms with Crippen LogP contribution >= 0.6 is 23.8 Å². The largest absolute Gasteiger partial charge is 0.329 e. The predicted octanol–water partition coefficient (Wildman–Crippen LogP) is 4.92. The fraction of sp³-hybridized carbons (Fsp3) is 0.571. The van der Waals surface area contributed by atoms with E-state index in [1.165, 1.54) is 0 Å². The number of nitrogens with zero attached hydrogens (tertiary/aromatic N) is 2. The lowest BCUT2D eigenvalue weighted by Crippen LogP contribution is -2.31. The maximum absolute atomic E-state index is 5.98. The maximum Gasteiger partial charge on any atom is 0.179 e. The number of nitrogens with one attached hydrogen (secondary N) is 1. The Balaban J connectivity index is 2.62. The summed E-state index contributed by atoms with van der Waals surface area (Å²) in [6.45, 7) is 11.1. The molecule has 2 rings (SSSR count). The molecule has 0 fully saturated rings. The second-order valence-corrected chi connectivity index (χ2v) is 7.66. The van der Waals surface area contributed by atoms with Crippen LogP contribution in [-0.2, 0) is 5.54 Å². The van der Waals surface area contributed by atoms with E-state index in [1.807, 2.05) is 6.07 Å². The van der Waals surface area contributed by atoms with Crippen LogP contribution in [0.15, 0.2) is 12.3 Å². The van der Waals surface area contributed by atoms with Crippen molar-refractivity contribution >= 4 is 35.0 Å². The number of imidazole rings is 1. The standard InChI is InChI=1S/C14H20ClN3S/c1-13(2,3)8-14(4,5)18-11-10(17-12(18)19)6-9(15)7-16-11/h6-7H,8H2,1-5H3,(H,17,19). The van der Waals surface area contributed by atoms with Gasteiger partial charge in [-0.05, 0) is 44.0 Å². The number of aromatic nitrogens is 3. The third-order valence-electron chi connectivity index (χ3n) is 3.06. The molecule has 0 aliphatic carbocycles. The monoisotopic (exact) mass is 297 g/mol. The van der Waals surface area contributed by atoms with E-state index in [4.69, 9.17) is 23.8 Å². The molecular weight excluding hydrogens is 278 g/mol. The third-order valence-corrected chi connectivity index (χ3v) is 3.55. The third kappa shape index (κ3) is 3.00. The summed E-state index contributed by atoms with van der Waals surface area (Å²) in [4.78, 5) is 7.62. The highest BCUT2D eigenvalue weighted by atomic mass is 35.5. The summed E-state index contributed by atoms with van der Waals surface area (Å²) in [6, 6.07) is 1.86. The lowest BCUT2D eigenvalue weighted by molar-refractivity contribution is 0.217. The first-order valence-corrected chi connectivity index (χ1v) is 7.16. The molecule has 2 heterocycles. The van der Waals surface area contributed by atoms with E-state index in [-0.39, 0.29) is 11.0 Å². The zero-order valence-corrected chi connectivity index (χ0v) is 13.6. The van der Waals surface area contributed by atoms with Gasteiger partial charge in [0.05, 0.1) is 10.5 Å². The summed E-state index contributed by atoms with van der Waals surface area (Å²) >= 11 is 11.4. The maximum atomic E-state index is 5.98. The summed E-state index contributed by atoms with van der Waals surface area (Å²) in [7, 11) is 0. The summed E-state index contributed by atoms with van der Waals surface area (Å²) in [6.07, 6.45) is 2.67. The summed E-state index contributed by atoms with van der Waals surface area (Å²) < 4.78 is 2.79. The molecule has 104 valence electrons. The average Bonchev–Trinajstić information content (AvgIpc) is 2.49. The quantitative estimate of drug-likeness (QED) is 0.798. The molecule has 0 atom stereocenters. The van der Waals surface area contributed by atoms with E-state index in [0.717, 1.165) is 17.6 Å². The highest BCUT2D eigenvalue weighted by molar-refractivity contribution is 7.71. The van der Waals surface area contributed by atoms with Gasteiger partial charge in [-0.2, -0.15) is 0 Å². The molecule has 0 aliphatic rings.